The summed E-state index contributed by atoms with van der Waals surface area (Å²) in [7, 11) is 1.59. The summed E-state index contributed by atoms with van der Waals surface area (Å²) in [6.45, 7) is 2.41. The van der Waals surface area contributed by atoms with Gasteiger partial charge in [-0.2, -0.15) is 0 Å². The molecule has 140 valence electrons. The predicted molar refractivity (Wildman–Crippen MR) is 114 cm³/mol. The van der Waals surface area contributed by atoms with Gasteiger partial charge in [-0.3, -0.25) is 4.79 Å². The Labute approximate surface area is 174 Å². The molecule has 0 radical (unpaired) electrons. The molecule has 1 heterocycles. The van der Waals surface area contributed by atoms with Crippen LogP contribution >= 0.6 is 34.4 Å². The molecular formula is C19H16FIN2O3S. The van der Waals surface area contributed by atoms with Gasteiger partial charge in [-0.1, -0.05) is 0 Å². The van der Waals surface area contributed by atoms with E-state index in [1.54, 1.807) is 25.3 Å². The molecule has 1 saturated heterocycles. The Bertz CT molecular complexity index is 929. The zero-order chi connectivity index (χ0) is 19.4. The first-order valence-electron chi connectivity index (χ1n) is 8.05. The van der Waals surface area contributed by atoms with Crippen LogP contribution in [0.5, 0.6) is 11.5 Å². The Morgan fingerprint density at radius 1 is 1.30 bits per heavy atom. The molecule has 1 fully saturated rings. The zero-order valence-corrected chi connectivity index (χ0v) is 17.6. The van der Waals surface area contributed by atoms with E-state index in [-0.39, 0.29) is 11.7 Å². The molecule has 27 heavy (non-hydrogen) atoms. The molecule has 1 amide bonds. The first-order chi connectivity index (χ1) is 13.0. The monoisotopic (exact) mass is 498 g/mol. The van der Waals surface area contributed by atoms with E-state index in [9.17, 15) is 9.18 Å². The number of nitrogens with one attached hydrogen (secondary N) is 1. The molecule has 3 rings (SSSR count). The lowest BCUT2D eigenvalue weighted by Crippen LogP contribution is -2.19. The number of amides is 1. The molecule has 0 unspecified atom stereocenters. The molecule has 0 saturated carbocycles. The van der Waals surface area contributed by atoms with Gasteiger partial charge in [0.25, 0.3) is 5.91 Å². The number of halogens is 2. The van der Waals surface area contributed by atoms with Crippen LogP contribution in [-0.2, 0) is 4.79 Å². The largest absolute Gasteiger partial charge is 0.492 e. The molecule has 0 atom stereocenters. The van der Waals surface area contributed by atoms with E-state index in [1.807, 2.05) is 19.1 Å². The average Bonchev–Trinajstić information content (AvgIpc) is 2.96. The minimum Gasteiger partial charge on any atom is -0.492 e. The van der Waals surface area contributed by atoms with Crippen molar-refractivity contribution >= 4 is 57.2 Å². The summed E-state index contributed by atoms with van der Waals surface area (Å²) in [4.78, 5) is 17.1. The van der Waals surface area contributed by atoms with E-state index in [0.717, 1.165) is 9.13 Å². The van der Waals surface area contributed by atoms with Crippen LogP contribution in [0.25, 0.3) is 6.08 Å². The molecular weight excluding hydrogens is 482 g/mol. The van der Waals surface area contributed by atoms with Crippen molar-refractivity contribution in [2.45, 2.75) is 6.92 Å². The lowest BCUT2D eigenvalue weighted by molar-refractivity contribution is -0.115. The number of hydrogen-bond donors (Lipinski definition) is 1. The number of benzene rings is 2. The maximum atomic E-state index is 13.0. The number of nitrogens with zero attached hydrogens (tertiary/aromatic N) is 1. The van der Waals surface area contributed by atoms with Gasteiger partial charge in [0.05, 0.1) is 27.9 Å². The maximum Gasteiger partial charge on any atom is 0.264 e. The number of carbonyl (C=O) groups excluding carboxylic acids is 1. The molecule has 1 aliphatic rings. The molecule has 5 nitrogen and oxygen atoms in total. The summed E-state index contributed by atoms with van der Waals surface area (Å²) >= 11 is 3.40. The van der Waals surface area contributed by atoms with Gasteiger partial charge in [0.15, 0.2) is 16.7 Å². The van der Waals surface area contributed by atoms with Crippen molar-refractivity contribution < 1.29 is 18.7 Å². The Morgan fingerprint density at radius 2 is 2.04 bits per heavy atom. The van der Waals surface area contributed by atoms with E-state index in [2.05, 4.69) is 32.9 Å². The molecule has 0 spiro atoms. The van der Waals surface area contributed by atoms with Crippen molar-refractivity contribution in [2.24, 2.45) is 4.99 Å². The SMILES string of the molecule is CCOc1cc(/C=C2/SC(=Nc3ccc(F)cc3)NC2=O)cc(I)c1OC. The van der Waals surface area contributed by atoms with Crippen LogP contribution in [0.4, 0.5) is 10.1 Å². The number of rotatable bonds is 5. The number of carbonyl (C=O) groups is 1. The highest BCUT2D eigenvalue weighted by Gasteiger charge is 2.24. The first-order valence-corrected chi connectivity index (χ1v) is 9.95. The Kier molecular flexibility index (Phi) is 6.38. The summed E-state index contributed by atoms with van der Waals surface area (Å²) in [5, 5.41) is 3.17. The summed E-state index contributed by atoms with van der Waals surface area (Å²) in [6.07, 6.45) is 1.78. The highest BCUT2D eigenvalue weighted by Crippen LogP contribution is 2.36. The third-order valence-corrected chi connectivity index (χ3v) is 5.25. The standard InChI is InChI=1S/C19H16FIN2O3S/c1-3-26-15-9-11(8-14(21)17(15)25-2)10-16-18(24)23-19(27-16)22-13-6-4-12(20)5-7-13/h4-10H,3H2,1-2H3,(H,22,23,24)/b16-10+. The smallest absolute Gasteiger partial charge is 0.264 e. The lowest BCUT2D eigenvalue weighted by atomic mass is 10.2. The van der Waals surface area contributed by atoms with Crippen molar-refractivity contribution in [3.63, 3.8) is 0 Å². The van der Waals surface area contributed by atoms with Gasteiger partial charge in [0.1, 0.15) is 5.82 Å². The molecule has 0 aromatic heterocycles. The fourth-order valence-electron chi connectivity index (χ4n) is 2.40. The number of aliphatic imine (C=N–C) groups is 1. The third kappa shape index (κ3) is 4.81. The molecule has 2 aromatic rings. The number of ether oxygens (including phenoxy) is 2. The number of methoxy groups -OCH3 is 1. The topological polar surface area (TPSA) is 59.9 Å². The van der Waals surface area contributed by atoms with Gasteiger partial charge in [-0.05, 0) is 89.3 Å². The van der Waals surface area contributed by atoms with Crippen molar-refractivity contribution in [3.8, 4) is 11.5 Å². The first kappa shape index (κ1) is 19.7. The maximum absolute atomic E-state index is 13.0. The van der Waals surface area contributed by atoms with Crippen molar-refractivity contribution in [1.82, 2.24) is 5.32 Å². The molecule has 0 aliphatic carbocycles. The zero-order valence-electron chi connectivity index (χ0n) is 14.6. The third-order valence-electron chi connectivity index (χ3n) is 3.54. The normalized spacial score (nSPS) is 16.7. The number of thioether (sulfide) groups is 1. The van der Waals surface area contributed by atoms with Crippen LogP contribution in [0.1, 0.15) is 12.5 Å². The highest BCUT2D eigenvalue weighted by atomic mass is 127. The second-order valence-electron chi connectivity index (χ2n) is 5.43. The van der Waals surface area contributed by atoms with Gasteiger partial charge in [-0.15, -0.1) is 0 Å². The molecule has 2 aromatic carbocycles. The van der Waals surface area contributed by atoms with Gasteiger partial charge >= 0.3 is 0 Å². The van der Waals surface area contributed by atoms with Crippen LogP contribution in [-0.4, -0.2) is 24.8 Å². The Balaban J connectivity index is 1.87. The quantitative estimate of drug-likeness (QED) is 0.479. The van der Waals surface area contributed by atoms with E-state index < -0.39 is 0 Å². The average molecular weight is 498 g/mol. The van der Waals surface area contributed by atoms with Crippen LogP contribution in [0.15, 0.2) is 46.3 Å². The number of hydrogen-bond acceptors (Lipinski definition) is 5. The van der Waals surface area contributed by atoms with Gasteiger partial charge < -0.3 is 14.8 Å². The van der Waals surface area contributed by atoms with Crippen molar-refractivity contribution in [1.29, 1.82) is 0 Å². The van der Waals surface area contributed by atoms with E-state index >= 15 is 0 Å². The minimum absolute atomic E-state index is 0.232. The lowest BCUT2D eigenvalue weighted by Gasteiger charge is -2.12. The fourth-order valence-corrected chi connectivity index (χ4v) is 4.08. The summed E-state index contributed by atoms with van der Waals surface area (Å²) < 4.78 is 24.9. The second-order valence-corrected chi connectivity index (χ2v) is 7.62. The van der Waals surface area contributed by atoms with Crippen LogP contribution in [0, 0.1) is 9.39 Å². The van der Waals surface area contributed by atoms with Crippen LogP contribution in [0.3, 0.4) is 0 Å². The van der Waals surface area contributed by atoms with Gasteiger partial charge in [0.2, 0.25) is 0 Å². The van der Waals surface area contributed by atoms with E-state index in [0.29, 0.717) is 33.9 Å². The summed E-state index contributed by atoms with van der Waals surface area (Å²) in [6, 6.07) is 9.50. The summed E-state index contributed by atoms with van der Waals surface area (Å²) in [5.74, 6) is 0.732. The minimum atomic E-state index is -0.332. The van der Waals surface area contributed by atoms with Crippen LogP contribution in [0.2, 0.25) is 0 Å². The van der Waals surface area contributed by atoms with Crippen LogP contribution < -0.4 is 14.8 Å². The fraction of sp³-hybridized carbons (Fsp3) is 0.158. The molecule has 1 N–H and O–H groups in total. The predicted octanol–water partition coefficient (Wildman–Crippen LogP) is 4.73. The van der Waals surface area contributed by atoms with Gasteiger partial charge in [0, 0.05) is 0 Å². The summed E-state index contributed by atoms with van der Waals surface area (Å²) in [5.41, 5.74) is 1.39. The van der Waals surface area contributed by atoms with Gasteiger partial charge in [-0.25, -0.2) is 9.38 Å². The van der Waals surface area contributed by atoms with E-state index in [4.69, 9.17) is 9.47 Å². The Hall–Kier alpha value is -2.07. The van der Waals surface area contributed by atoms with Crippen molar-refractivity contribution in [3.05, 3.63) is 56.3 Å². The molecule has 0 bridgehead atoms. The molecule has 1 aliphatic heterocycles. The van der Waals surface area contributed by atoms with E-state index in [1.165, 1.54) is 23.9 Å². The second kappa shape index (κ2) is 8.75. The Morgan fingerprint density at radius 3 is 2.70 bits per heavy atom. The highest BCUT2D eigenvalue weighted by molar-refractivity contribution is 14.1. The van der Waals surface area contributed by atoms with Crippen molar-refractivity contribution in [2.75, 3.05) is 13.7 Å². The molecule has 8 heteroatoms. The number of amidine groups is 1.